The van der Waals surface area contributed by atoms with Gasteiger partial charge in [-0.1, -0.05) is 0 Å². The highest BCUT2D eigenvalue weighted by atomic mass is 16.5. The predicted octanol–water partition coefficient (Wildman–Crippen LogP) is -0.132. The Hall–Kier alpha value is -2.12. The molecule has 0 bridgehead atoms. The van der Waals surface area contributed by atoms with E-state index in [-0.39, 0.29) is 31.0 Å². The highest BCUT2D eigenvalue weighted by Crippen LogP contribution is 2.19. The van der Waals surface area contributed by atoms with Crippen molar-refractivity contribution in [3.05, 3.63) is 24.3 Å². The van der Waals surface area contributed by atoms with Gasteiger partial charge >= 0.3 is 0 Å². The number of hydrogen-bond donors (Lipinski definition) is 3. The molecular weight excluding hydrogens is 274 g/mol. The summed E-state index contributed by atoms with van der Waals surface area (Å²) in [4.78, 5) is 22.5. The SMILES string of the molecule is NCC(=O)NCC(=O)Nc1ccc(OC2CCOC2)cc1. The number of nitrogens with two attached hydrogens (primary N) is 1. The fourth-order valence-corrected chi connectivity index (χ4v) is 1.87. The molecule has 1 atom stereocenters. The van der Waals surface area contributed by atoms with Crippen LogP contribution in [0.3, 0.4) is 0 Å². The summed E-state index contributed by atoms with van der Waals surface area (Å²) in [6, 6.07) is 7.06. The van der Waals surface area contributed by atoms with Crippen LogP contribution in [-0.2, 0) is 14.3 Å². The summed E-state index contributed by atoms with van der Waals surface area (Å²) in [6.45, 7) is 1.10. The van der Waals surface area contributed by atoms with Gasteiger partial charge in [0.25, 0.3) is 0 Å². The summed E-state index contributed by atoms with van der Waals surface area (Å²) >= 11 is 0. The third kappa shape index (κ3) is 5.05. The Morgan fingerprint density at radius 2 is 2.05 bits per heavy atom. The van der Waals surface area contributed by atoms with Crippen LogP contribution in [0.2, 0.25) is 0 Å². The zero-order chi connectivity index (χ0) is 15.1. The van der Waals surface area contributed by atoms with Gasteiger partial charge in [0.1, 0.15) is 11.9 Å². The normalized spacial score (nSPS) is 17.3. The van der Waals surface area contributed by atoms with Gasteiger partial charge in [-0.3, -0.25) is 9.59 Å². The fraction of sp³-hybridized carbons (Fsp3) is 0.429. The lowest BCUT2D eigenvalue weighted by molar-refractivity contribution is -0.123. The van der Waals surface area contributed by atoms with E-state index in [0.29, 0.717) is 12.3 Å². The zero-order valence-electron chi connectivity index (χ0n) is 11.6. The Bertz CT molecular complexity index is 483. The molecule has 0 aliphatic carbocycles. The summed E-state index contributed by atoms with van der Waals surface area (Å²) < 4.78 is 11.0. The van der Waals surface area contributed by atoms with Crippen molar-refractivity contribution in [2.45, 2.75) is 12.5 Å². The standard InChI is InChI=1S/C14H19N3O4/c15-7-13(18)16-8-14(19)17-10-1-3-11(4-2-10)21-12-5-6-20-9-12/h1-4,12H,5-9,15H2,(H,16,18)(H,17,19). The number of benzene rings is 1. The van der Waals surface area contributed by atoms with Gasteiger partial charge in [0.05, 0.1) is 26.3 Å². The lowest BCUT2D eigenvalue weighted by atomic mass is 10.2. The molecule has 7 heteroatoms. The first-order valence-electron chi connectivity index (χ1n) is 6.78. The third-order valence-corrected chi connectivity index (χ3v) is 2.96. The largest absolute Gasteiger partial charge is 0.488 e. The van der Waals surface area contributed by atoms with Gasteiger partial charge in [-0.2, -0.15) is 0 Å². The van der Waals surface area contributed by atoms with E-state index in [0.717, 1.165) is 18.8 Å². The van der Waals surface area contributed by atoms with Gasteiger partial charge in [0, 0.05) is 12.1 Å². The van der Waals surface area contributed by atoms with Crippen LogP contribution in [0.5, 0.6) is 5.75 Å². The molecule has 1 aromatic carbocycles. The minimum Gasteiger partial charge on any atom is -0.488 e. The van der Waals surface area contributed by atoms with Gasteiger partial charge in [-0.15, -0.1) is 0 Å². The van der Waals surface area contributed by atoms with E-state index in [1.807, 2.05) is 0 Å². The highest BCUT2D eigenvalue weighted by molar-refractivity contribution is 5.94. The molecule has 1 fully saturated rings. The Labute approximate surface area is 122 Å². The first kappa shape index (κ1) is 15.3. The maximum atomic E-state index is 11.6. The molecule has 0 saturated carbocycles. The van der Waals surface area contributed by atoms with Crippen molar-refractivity contribution < 1.29 is 19.1 Å². The van der Waals surface area contributed by atoms with E-state index in [1.165, 1.54) is 0 Å². The van der Waals surface area contributed by atoms with Crippen LogP contribution >= 0.6 is 0 Å². The molecule has 21 heavy (non-hydrogen) atoms. The minimum absolute atomic E-state index is 0.0944. The second kappa shape index (κ2) is 7.61. The van der Waals surface area contributed by atoms with Gasteiger partial charge < -0.3 is 25.8 Å². The van der Waals surface area contributed by atoms with Gasteiger partial charge in [0.2, 0.25) is 11.8 Å². The molecule has 1 aliphatic heterocycles. The van der Waals surface area contributed by atoms with Crippen LogP contribution in [0.25, 0.3) is 0 Å². The Kier molecular flexibility index (Phi) is 5.53. The summed E-state index contributed by atoms with van der Waals surface area (Å²) in [6.07, 6.45) is 0.983. The van der Waals surface area contributed by atoms with E-state index in [4.69, 9.17) is 15.2 Å². The van der Waals surface area contributed by atoms with Crippen molar-refractivity contribution in [1.82, 2.24) is 5.32 Å². The van der Waals surface area contributed by atoms with E-state index < -0.39 is 0 Å². The number of carbonyl (C=O) groups is 2. The molecule has 1 aromatic rings. The third-order valence-electron chi connectivity index (χ3n) is 2.96. The van der Waals surface area contributed by atoms with Crippen molar-refractivity contribution in [2.24, 2.45) is 5.73 Å². The summed E-state index contributed by atoms with van der Waals surface area (Å²) in [5.74, 6) is 0.0577. The number of amides is 2. The molecule has 1 saturated heterocycles. The van der Waals surface area contributed by atoms with Crippen LogP contribution in [0.4, 0.5) is 5.69 Å². The maximum absolute atomic E-state index is 11.6. The monoisotopic (exact) mass is 293 g/mol. The second-order valence-electron chi connectivity index (χ2n) is 4.66. The first-order chi connectivity index (χ1) is 10.2. The van der Waals surface area contributed by atoms with Crippen molar-refractivity contribution in [2.75, 3.05) is 31.6 Å². The molecule has 4 N–H and O–H groups in total. The van der Waals surface area contributed by atoms with Crippen LogP contribution in [-0.4, -0.2) is 44.2 Å². The number of hydrogen-bond acceptors (Lipinski definition) is 5. The van der Waals surface area contributed by atoms with E-state index >= 15 is 0 Å². The molecule has 0 radical (unpaired) electrons. The lowest BCUT2D eigenvalue weighted by Crippen LogP contribution is -2.36. The number of ether oxygens (including phenoxy) is 2. The topological polar surface area (TPSA) is 103 Å². The summed E-state index contributed by atoms with van der Waals surface area (Å²) in [5, 5.41) is 5.06. The molecule has 0 aromatic heterocycles. The minimum atomic E-state index is -0.368. The quantitative estimate of drug-likeness (QED) is 0.678. The molecule has 2 rings (SSSR count). The van der Waals surface area contributed by atoms with Gasteiger partial charge in [-0.05, 0) is 24.3 Å². The van der Waals surface area contributed by atoms with Crippen LogP contribution in [0.1, 0.15) is 6.42 Å². The second-order valence-corrected chi connectivity index (χ2v) is 4.66. The van der Waals surface area contributed by atoms with E-state index in [2.05, 4.69) is 10.6 Å². The number of carbonyl (C=O) groups excluding carboxylic acids is 2. The highest BCUT2D eigenvalue weighted by Gasteiger charge is 2.16. The molecular formula is C14H19N3O4. The van der Waals surface area contributed by atoms with Gasteiger partial charge in [-0.25, -0.2) is 0 Å². The number of anilines is 1. The van der Waals surface area contributed by atoms with E-state index in [1.54, 1.807) is 24.3 Å². The van der Waals surface area contributed by atoms with Crippen LogP contribution in [0, 0.1) is 0 Å². The van der Waals surface area contributed by atoms with E-state index in [9.17, 15) is 9.59 Å². The molecule has 114 valence electrons. The van der Waals surface area contributed by atoms with Crippen molar-refractivity contribution >= 4 is 17.5 Å². The molecule has 1 heterocycles. The molecule has 2 amide bonds. The van der Waals surface area contributed by atoms with Crippen molar-refractivity contribution in [3.63, 3.8) is 0 Å². The van der Waals surface area contributed by atoms with Crippen LogP contribution in [0.15, 0.2) is 24.3 Å². The zero-order valence-corrected chi connectivity index (χ0v) is 11.6. The fourth-order valence-electron chi connectivity index (χ4n) is 1.87. The Morgan fingerprint density at radius 1 is 1.29 bits per heavy atom. The number of nitrogens with one attached hydrogen (secondary N) is 2. The maximum Gasteiger partial charge on any atom is 0.243 e. The van der Waals surface area contributed by atoms with Gasteiger partial charge in [0.15, 0.2) is 0 Å². The molecule has 1 unspecified atom stereocenters. The average molecular weight is 293 g/mol. The molecule has 0 spiro atoms. The average Bonchev–Trinajstić information content (AvgIpc) is 3.00. The Balaban J connectivity index is 1.78. The summed E-state index contributed by atoms with van der Waals surface area (Å²) in [5.41, 5.74) is 5.76. The van der Waals surface area contributed by atoms with Crippen molar-refractivity contribution in [3.8, 4) is 5.75 Å². The molecule has 7 nitrogen and oxygen atoms in total. The Morgan fingerprint density at radius 3 is 2.67 bits per heavy atom. The van der Waals surface area contributed by atoms with Crippen LogP contribution < -0.4 is 21.1 Å². The first-order valence-corrected chi connectivity index (χ1v) is 6.78. The smallest absolute Gasteiger partial charge is 0.243 e. The number of rotatable bonds is 6. The predicted molar refractivity (Wildman–Crippen MR) is 77.0 cm³/mol. The molecule has 1 aliphatic rings. The lowest BCUT2D eigenvalue weighted by Gasteiger charge is -2.12. The summed E-state index contributed by atoms with van der Waals surface area (Å²) in [7, 11) is 0. The van der Waals surface area contributed by atoms with Crippen molar-refractivity contribution in [1.29, 1.82) is 0 Å².